The van der Waals surface area contributed by atoms with Crippen LogP contribution in [0.5, 0.6) is 0 Å². The molecule has 9 heteroatoms. The van der Waals surface area contributed by atoms with Gasteiger partial charge in [-0.2, -0.15) is 0 Å². The Kier molecular flexibility index (Phi) is 5.00. The molecule has 3 heterocycles. The van der Waals surface area contributed by atoms with Gasteiger partial charge in [-0.25, -0.2) is 18.4 Å². The third-order valence-corrected chi connectivity index (χ3v) is 5.35. The maximum absolute atomic E-state index is 12.2. The maximum atomic E-state index is 12.2. The predicted molar refractivity (Wildman–Crippen MR) is 88.4 cm³/mol. The summed E-state index contributed by atoms with van der Waals surface area (Å²) in [7, 11) is -3.13. The number of anilines is 1. The Morgan fingerprint density at radius 1 is 1.29 bits per heavy atom. The second-order valence-electron chi connectivity index (χ2n) is 6.34. The van der Waals surface area contributed by atoms with E-state index < -0.39 is 9.84 Å². The van der Waals surface area contributed by atoms with Gasteiger partial charge in [-0.15, -0.1) is 0 Å². The molecule has 1 amide bonds. The van der Waals surface area contributed by atoms with Crippen molar-refractivity contribution < 1.29 is 17.9 Å². The monoisotopic (exact) mass is 354 g/mol. The Bertz CT molecular complexity index is 682. The van der Waals surface area contributed by atoms with Crippen molar-refractivity contribution in [2.45, 2.75) is 12.5 Å². The van der Waals surface area contributed by atoms with Crippen LogP contribution in [0, 0.1) is 5.92 Å². The van der Waals surface area contributed by atoms with Crippen molar-refractivity contribution in [3.05, 3.63) is 18.5 Å². The van der Waals surface area contributed by atoms with Crippen molar-refractivity contribution in [2.24, 2.45) is 5.92 Å². The number of hydrogen-bond acceptors (Lipinski definition) is 7. The highest BCUT2D eigenvalue weighted by Gasteiger charge is 2.38. The van der Waals surface area contributed by atoms with Crippen LogP contribution in [0.1, 0.15) is 6.42 Å². The van der Waals surface area contributed by atoms with Crippen LogP contribution in [0.15, 0.2) is 18.5 Å². The molecule has 0 aliphatic carbocycles. The average molecular weight is 354 g/mol. The van der Waals surface area contributed by atoms with Gasteiger partial charge >= 0.3 is 0 Å². The fourth-order valence-electron chi connectivity index (χ4n) is 3.16. The number of sulfone groups is 1. The summed E-state index contributed by atoms with van der Waals surface area (Å²) >= 11 is 0. The number of amides is 1. The Balaban J connectivity index is 1.61. The molecule has 3 rings (SSSR count). The van der Waals surface area contributed by atoms with Crippen LogP contribution in [-0.4, -0.2) is 80.1 Å². The fraction of sp³-hybridized carbons (Fsp3) is 0.667. The summed E-state index contributed by atoms with van der Waals surface area (Å²) in [5.41, 5.74) is 0. The predicted octanol–water partition coefficient (Wildman–Crippen LogP) is -0.425. The van der Waals surface area contributed by atoms with Gasteiger partial charge in [0, 0.05) is 57.2 Å². The second-order valence-corrected chi connectivity index (χ2v) is 8.60. The van der Waals surface area contributed by atoms with Gasteiger partial charge in [0.1, 0.15) is 9.84 Å². The quantitative estimate of drug-likeness (QED) is 0.725. The number of nitrogens with zero attached hydrogens (tertiary/aromatic N) is 4. The highest BCUT2D eigenvalue weighted by atomic mass is 32.2. The Labute approximate surface area is 141 Å². The molecule has 0 saturated carbocycles. The lowest BCUT2D eigenvalue weighted by atomic mass is 10.1. The van der Waals surface area contributed by atoms with E-state index in [2.05, 4.69) is 14.9 Å². The fourth-order valence-corrected chi connectivity index (χ4v) is 3.71. The zero-order chi connectivity index (χ0) is 17.2. The van der Waals surface area contributed by atoms with Gasteiger partial charge in [0.05, 0.1) is 18.5 Å². The van der Waals surface area contributed by atoms with Crippen LogP contribution >= 0.6 is 0 Å². The van der Waals surface area contributed by atoms with Gasteiger partial charge in [0.2, 0.25) is 11.9 Å². The summed E-state index contributed by atoms with van der Waals surface area (Å²) < 4.78 is 28.4. The van der Waals surface area contributed by atoms with Crippen molar-refractivity contribution in [1.82, 2.24) is 14.9 Å². The number of fused-ring (bicyclic) bond motifs is 1. The van der Waals surface area contributed by atoms with Gasteiger partial charge in [-0.1, -0.05) is 0 Å². The van der Waals surface area contributed by atoms with Gasteiger partial charge in [-0.3, -0.25) is 4.79 Å². The zero-order valence-electron chi connectivity index (χ0n) is 13.7. The second kappa shape index (κ2) is 7.02. The first kappa shape index (κ1) is 17.1. The lowest BCUT2D eigenvalue weighted by molar-refractivity contribution is -0.130. The normalized spacial score (nSPS) is 24.5. The highest BCUT2D eigenvalue weighted by molar-refractivity contribution is 7.90. The molecule has 132 valence electrons. The molecular weight excluding hydrogens is 332 g/mol. The van der Waals surface area contributed by atoms with Crippen molar-refractivity contribution >= 4 is 21.7 Å². The zero-order valence-corrected chi connectivity index (χ0v) is 14.5. The molecule has 1 aromatic heterocycles. The van der Waals surface area contributed by atoms with Crippen molar-refractivity contribution in [3.8, 4) is 0 Å². The number of aromatic nitrogens is 2. The van der Waals surface area contributed by atoms with Crippen LogP contribution in [0.3, 0.4) is 0 Å². The van der Waals surface area contributed by atoms with Crippen molar-refractivity contribution in [2.75, 3.05) is 49.7 Å². The molecule has 24 heavy (non-hydrogen) atoms. The van der Waals surface area contributed by atoms with E-state index in [1.54, 1.807) is 23.4 Å². The summed E-state index contributed by atoms with van der Waals surface area (Å²) in [4.78, 5) is 24.6. The smallest absolute Gasteiger partial charge is 0.225 e. The minimum atomic E-state index is -3.13. The molecule has 2 atom stereocenters. The Morgan fingerprint density at radius 3 is 2.75 bits per heavy atom. The van der Waals surface area contributed by atoms with E-state index >= 15 is 0 Å². The largest absolute Gasteiger partial charge is 0.374 e. The highest BCUT2D eigenvalue weighted by Crippen LogP contribution is 2.25. The van der Waals surface area contributed by atoms with Crippen LogP contribution in [0.25, 0.3) is 0 Å². The first-order chi connectivity index (χ1) is 11.4. The molecule has 2 saturated heterocycles. The van der Waals surface area contributed by atoms with E-state index in [1.807, 2.05) is 0 Å². The van der Waals surface area contributed by atoms with Crippen molar-refractivity contribution in [3.63, 3.8) is 0 Å². The molecule has 0 aromatic carbocycles. The number of carbonyl (C=O) groups excluding carboxylic acids is 1. The van der Waals surface area contributed by atoms with Crippen LogP contribution < -0.4 is 4.90 Å². The summed E-state index contributed by atoms with van der Waals surface area (Å²) in [6, 6.07) is 1.78. The van der Waals surface area contributed by atoms with E-state index in [0.717, 1.165) is 19.3 Å². The third kappa shape index (κ3) is 4.21. The van der Waals surface area contributed by atoms with E-state index in [0.29, 0.717) is 25.6 Å². The van der Waals surface area contributed by atoms with Crippen molar-refractivity contribution in [1.29, 1.82) is 0 Å². The number of hydrogen-bond donors (Lipinski definition) is 0. The van der Waals surface area contributed by atoms with Crippen LogP contribution in [-0.2, 0) is 19.4 Å². The average Bonchev–Trinajstić information content (AvgIpc) is 2.84. The first-order valence-corrected chi connectivity index (χ1v) is 10.1. The number of likely N-dealkylation sites (tertiary alicyclic amines) is 1. The Hall–Kier alpha value is -1.74. The van der Waals surface area contributed by atoms with E-state index in [-0.39, 0.29) is 30.1 Å². The molecule has 0 bridgehead atoms. The van der Waals surface area contributed by atoms with E-state index in [9.17, 15) is 13.2 Å². The minimum absolute atomic E-state index is 0.0131. The first-order valence-electron chi connectivity index (χ1n) is 8.01. The molecule has 2 fully saturated rings. The minimum Gasteiger partial charge on any atom is -0.374 e. The summed E-state index contributed by atoms with van der Waals surface area (Å²) in [5.74, 6) is 0.615. The summed E-state index contributed by atoms with van der Waals surface area (Å²) in [5, 5.41) is 0. The Morgan fingerprint density at radius 2 is 2.04 bits per heavy atom. The van der Waals surface area contributed by atoms with Gasteiger partial charge < -0.3 is 14.5 Å². The van der Waals surface area contributed by atoms with Gasteiger partial charge in [0.15, 0.2) is 0 Å². The molecule has 2 aliphatic rings. The molecule has 0 N–H and O–H groups in total. The molecule has 2 aliphatic heterocycles. The molecule has 0 unspecified atom stereocenters. The molecular formula is C15H22N4O4S. The molecule has 0 spiro atoms. The third-order valence-electron chi connectivity index (χ3n) is 4.40. The SMILES string of the molecule is CS(=O)(=O)CCC(=O)N1C[C@@H]2CN(c3ncccn3)CCO[C@@H]2C1. The molecule has 0 radical (unpaired) electrons. The lowest BCUT2D eigenvalue weighted by Gasteiger charge is -2.23. The maximum Gasteiger partial charge on any atom is 0.225 e. The number of carbonyl (C=O) groups is 1. The number of rotatable bonds is 4. The standard InChI is InChI=1S/C15H22N4O4S/c1-24(21,22)8-3-14(20)19-10-12-9-18(6-7-23-13(12)11-19)15-16-4-2-5-17-15/h2,4-5,12-13H,3,6-11H2,1H3/t12-,13+/m0/s1. The van der Waals surface area contributed by atoms with Crippen LogP contribution in [0.2, 0.25) is 0 Å². The van der Waals surface area contributed by atoms with E-state index in [1.165, 1.54) is 0 Å². The topological polar surface area (TPSA) is 92.7 Å². The van der Waals surface area contributed by atoms with Crippen LogP contribution in [0.4, 0.5) is 5.95 Å². The molecule has 1 aromatic rings. The number of ether oxygens (including phenoxy) is 1. The lowest BCUT2D eigenvalue weighted by Crippen LogP contribution is -2.35. The summed E-state index contributed by atoms with van der Waals surface area (Å²) in [6.45, 7) is 3.11. The van der Waals surface area contributed by atoms with E-state index in [4.69, 9.17) is 4.74 Å². The molecule has 8 nitrogen and oxygen atoms in total. The van der Waals surface area contributed by atoms with Gasteiger partial charge in [0.25, 0.3) is 0 Å². The summed E-state index contributed by atoms with van der Waals surface area (Å²) in [6.07, 6.45) is 4.59. The van der Waals surface area contributed by atoms with Gasteiger partial charge in [-0.05, 0) is 6.07 Å².